The predicted octanol–water partition coefficient (Wildman–Crippen LogP) is 3.29. The summed E-state index contributed by atoms with van der Waals surface area (Å²) in [6.45, 7) is 0.865. The molecule has 4 amide bonds. The van der Waals surface area contributed by atoms with Crippen molar-refractivity contribution in [2.75, 3.05) is 39.1 Å². The van der Waals surface area contributed by atoms with Crippen molar-refractivity contribution in [2.45, 2.75) is 31.7 Å². The van der Waals surface area contributed by atoms with Crippen molar-refractivity contribution >= 4 is 35.1 Å². The van der Waals surface area contributed by atoms with Crippen molar-refractivity contribution in [3.8, 4) is 5.75 Å². The van der Waals surface area contributed by atoms with Crippen LogP contribution in [-0.2, 0) is 29.1 Å². The number of aromatic hydroxyl groups is 1. The van der Waals surface area contributed by atoms with Gasteiger partial charge in [-0.1, -0.05) is 60.1 Å². The Morgan fingerprint density at radius 2 is 1.67 bits per heavy atom. The summed E-state index contributed by atoms with van der Waals surface area (Å²) in [7, 11) is 5.45. The van der Waals surface area contributed by atoms with Crippen LogP contribution in [0, 0.1) is 0 Å². The maximum absolute atomic E-state index is 14.0. The second kappa shape index (κ2) is 12.3. The van der Waals surface area contributed by atoms with Crippen molar-refractivity contribution in [1.82, 2.24) is 25.1 Å². The van der Waals surface area contributed by atoms with Crippen LogP contribution in [0.1, 0.15) is 16.7 Å². The molecule has 0 radical (unpaired) electrons. The normalized spacial score (nSPS) is 18.7. The zero-order valence-electron chi connectivity index (χ0n) is 23.9. The van der Waals surface area contributed by atoms with Gasteiger partial charge in [-0.15, -0.1) is 0 Å². The summed E-state index contributed by atoms with van der Waals surface area (Å²) in [5, 5.41) is 16.4. The third-order valence-electron chi connectivity index (χ3n) is 7.76. The highest BCUT2D eigenvalue weighted by Gasteiger charge is 2.51. The number of anilines is 1. The number of benzene rings is 3. The number of carbonyl (C=O) groups excluding carboxylic acids is 3. The van der Waals surface area contributed by atoms with Crippen LogP contribution in [0.15, 0.2) is 72.8 Å². The number of amides is 4. The molecule has 2 N–H and O–H groups in total. The van der Waals surface area contributed by atoms with Crippen molar-refractivity contribution in [3.05, 3.63) is 94.5 Å². The summed E-state index contributed by atoms with van der Waals surface area (Å²) in [6.07, 6.45) is -0.260. The highest BCUT2D eigenvalue weighted by molar-refractivity contribution is 6.33. The predicted molar refractivity (Wildman–Crippen MR) is 161 cm³/mol. The number of hydrogen-bond acceptors (Lipinski definition) is 6. The minimum Gasteiger partial charge on any atom is -0.508 e. The quantitative estimate of drug-likeness (QED) is 0.418. The fourth-order valence-corrected chi connectivity index (χ4v) is 5.82. The van der Waals surface area contributed by atoms with E-state index in [1.807, 2.05) is 67.5 Å². The topological polar surface area (TPSA) is 99.7 Å². The number of rotatable bonds is 8. The minimum atomic E-state index is -0.771. The molecule has 2 aliphatic rings. The summed E-state index contributed by atoms with van der Waals surface area (Å²) in [6, 6.07) is 20.8. The first kappa shape index (κ1) is 29.2. The maximum atomic E-state index is 14.0. The Kier molecular flexibility index (Phi) is 8.56. The first-order chi connectivity index (χ1) is 20.1. The van der Waals surface area contributed by atoms with Gasteiger partial charge in [0.15, 0.2) is 0 Å². The average molecular weight is 591 g/mol. The largest absolute Gasteiger partial charge is 0.508 e. The van der Waals surface area contributed by atoms with Gasteiger partial charge >= 0.3 is 6.03 Å². The SMILES string of the molecule is CN(C)c1cc(CN2C[C@H]3N(C(=O)CN3N(C)C(=O)NCc3ccccc3)[C@@H](Cc3ccc(O)cc3)C2=O)ccc1Cl. The van der Waals surface area contributed by atoms with E-state index in [0.29, 0.717) is 18.1 Å². The molecule has 3 aromatic rings. The second-order valence-electron chi connectivity index (χ2n) is 10.8. The van der Waals surface area contributed by atoms with E-state index in [0.717, 1.165) is 22.4 Å². The van der Waals surface area contributed by atoms with Gasteiger partial charge in [0.25, 0.3) is 0 Å². The molecule has 2 aliphatic heterocycles. The fraction of sp³-hybridized carbons (Fsp3) is 0.323. The molecule has 3 aromatic carbocycles. The Hall–Kier alpha value is -4.28. The molecule has 220 valence electrons. The van der Waals surface area contributed by atoms with Crippen LogP contribution in [0.25, 0.3) is 0 Å². The molecular formula is C31H35ClN6O4. The number of fused-ring (bicyclic) bond motifs is 1. The summed E-state index contributed by atoms with van der Waals surface area (Å²) in [5.74, 6) is -0.271. The first-order valence-electron chi connectivity index (χ1n) is 13.8. The van der Waals surface area contributed by atoms with E-state index >= 15 is 0 Å². The summed E-state index contributed by atoms with van der Waals surface area (Å²) in [4.78, 5) is 45.9. The number of carbonyl (C=O) groups is 3. The fourth-order valence-electron chi connectivity index (χ4n) is 5.53. The summed E-state index contributed by atoms with van der Waals surface area (Å²) >= 11 is 6.39. The van der Waals surface area contributed by atoms with Gasteiger partial charge in [0.2, 0.25) is 11.8 Å². The number of piperazine rings is 1. The lowest BCUT2D eigenvalue weighted by Gasteiger charge is -2.45. The first-order valence-corrected chi connectivity index (χ1v) is 14.2. The van der Waals surface area contributed by atoms with Gasteiger partial charge in [-0.2, -0.15) is 5.01 Å². The van der Waals surface area contributed by atoms with E-state index in [-0.39, 0.29) is 43.1 Å². The molecule has 2 heterocycles. The number of hydrazine groups is 1. The lowest BCUT2D eigenvalue weighted by atomic mass is 9.99. The van der Waals surface area contributed by atoms with Crippen LogP contribution in [-0.4, -0.2) is 89.2 Å². The van der Waals surface area contributed by atoms with E-state index in [1.54, 1.807) is 46.1 Å². The van der Waals surface area contributed by atoms with E-state index in [1.165, 1.54) is 5.01 Å². The Bertz CT molecular complexity index is 1450. The molecule has 0 bridgehead atoms. The Balaban J connectivity index is 1.41. The van der Waals surface area contributed by atoms with Crippen molar-refractivity contribution in [3.63, 3.8) is 0 Å². The second-order valence-corrected chi connectivity index (χ2v) is 11.2. The molecule has 42 heavy (non-hydrogen) atoms. The number of phenolic OH excluding ortho intramolecular Hbond substituents is 1. The zero-order chi connectivity index (χ0) is 30.0. The molecule has 5 rings (SSSR count). The molecule has 0 saturated carbocycles. The number of nitrogens with one attached hydrogen (secondary N) is 1. The molecular weight excluding hydrogens is 556 g/mol. The molecule has 2 fully saturated rings. The van der Waals surface area contributed by atoms with Gasteiger partial charge < -0.3 is 25.1 Å². The van der Waals surface area contributed by atoms with E-state index in [4.69, 9.17) is 11.6 Å². The number of urea groups is 1. The molecule has 11 heteroatoms. The highest BCUT2D eigenvalue weighted by Crippen LogP contribution is 2.31. The van der Waals surface area contributed by atoms with Crippen molar-refractivity contribution in [2.24, 2.45) is 0 Å². The van der Waals surface area contributed by atoms with Gasteiger partial charge in [-0.05, 0) is 41.0 Å². The summed E-state index contributed by atoms with van der Waals surface area (Å²) < 4.78 is 0. The molecule has 0 spiro atoms. The van der Waals surface area contributed by atoms with Crippen LogP contribution in [0.2, 0.25) is 5.02 Å². The highest BCUT2D eigenvalue weighted by atomic mass is 35.5. The molecule has 2 saturated heterocycles. The number of nitrogens with zero attached hydrogens (tertiary/aromatic N) is 5. The van der Waals surface area contributed by atoms with Crippen LogP contribution < -0.4 is 10.2 Å². The third-order valence-corrected chi connectivity index (χ3v) is 8.08. The summed E-state index contributed by atoms with van der Waals surface area (Å²) in [5.41, 5.74) is 3.52. The Labute approximate surface area is 250 Å². The standard InChI is InChI=1S/C31H35ClN6O4/c1-34(2)26-16-23(11-14-25(26)32)18-36-19-28-37(35(3)31(42)33-17-22-7-5-4-6-8-22)20-29(40)38(28)27(30(36)41)15-21-9-12-24(39)13-10-21/h4-14,16,27-28,39H,15,17-20H2,1-3H3,(H,33,42)/t27-,28+/m0/s1. The Morgan fingerprint density at radius 3 is 2.36 bits per heavy atom. The van der Waals surface area contributed by atoms with Crippen LogP contribution in [0.3, 0.4) is 0 Å². The lowest BCUT2D eigenvalue weighted by molar-refractivity contribution is -0.157. The van der Waals surface area contributed by atoms with Crippen molar-refractivity contribution < 1.29 is 19.5 Å². The minimum absolute atomic E-state index is 0.0289. The monoisotopic (exact) mass is 590 g/mol. The maximum Gasteiger partial charge on any atom is 0.332 e. The van der Waals surface area contributed by atoms with E-state index in [2.05, 4.69) is 5.32 Å². The molecule has 2 atom stereocenters. The average Bonchev–Trinajstić information content (AvgIpc) is 3.31. The van der Waals surface area contributed by atoms with Crippen LogP contribution in [0.5, 0.6) is 5.75 Å². The smallest absolute Gasteiger partial charge is 0.332 e. The van der Waals surface area contributed by atoms with Crippen molar-refractivity contribution in [1.29, 1.82) is 0 Å². The third kappa shape index (κ3) is 6.14. The van der Waals surface area contributed by atoms with Gasteiger partial charge in [0, 0.05) is 40.7 Å². The van der Waals surface area contributed by atoms with E-state index < -0.39 is 12.2 Å². The van der Waals surface area contributed by atoms with E-state index in [9.17, 15) is 19.5 Å². The number of hydrogen-bond donors (Lipinski definition) is 2. The molecule has 10 nitrogen and oxygen atoms in total. The molecule has 0 unspecified atom stereocenters. The molecule has 0 aromatic heterocycles. The van der Waals surface area contributed by atoms with Crippen LogP contribution >= 0.6 is 11.6 Å². The van der Waals surface area contributed by atoms with Gasteiger partial charge in [0.1, 0.15) is 18.0 Å². The zero-order valence-corrected chi connectivity index (χ0v) is 24.7. The molecule has 0 aliphatic carbocycles. The number of phenols is 1. The van der Waals surface area contributed by atoms with Crippen LogP contribution in [0.4, 0.5) is 10.5 Å². The number of halogens is 1. The Morgan fingerprint density at radius 1 is 0.976 bits per heavy atom. The lowest BCUT2D eigenvalue weighted by Crippen LogP contribution is -2.65. The van der Waals surface area contributed by atoms with Gasteiger partial charge in [0.05, 0.1) is 23.8 Å². The van der Waals surface area contributed by atoms with Gasteiger partial charge in [-0.25, -0.2) is 4.79 Å². The van der Waals surface area contributed by atoms with Gasteiger partial charge in [-0.3, -0.25) is 14.6 Å².